The molecule has 0 aliphatic heterocycles. The van der Waals surface area contributed by atoms with Gasteiger partial charge in [-0.25, -0.2) is 4.98 Å². The second-order valence-corrected chi connectivity index (χ2v) is 6.41. The van der Waals surface area contributed by atoms with E-state index in [9.17, 15) is 9.59 Å². The van der Waals surface area contributed by atoms with Gasteiger partial charge in [-0.1, -0.05) is 42.5 Å². The number of H-pyrrole nitrogens is 1. The summed E-state index contributed by atoms with van der Waals surface area (Å²) in [6, 6.07) is 20.8. The van der Waals surface area contributed by atoms with E-state index in [-0.39, 0.29) is 18.0 Å². The van der Waals surface area contributed by atoms with E-state index in [4.69, 9.17) is 0 Å². The molecular weight excluding hydrogens is 338 g/mol. The molecular formula is C22H19N3O2. The Kier molecular flexibility index (Phi) is 4.42. The third kappa shape index (κ3) is 3.31. The van der Waals surface area contributed by atoms with Crippen LogP contribution in [0.3, 0.4) is 0 Å². The highest BCUT2D eigenvalue weighted by Crippen LogP contribution is 2.17. The van der Waals surface area contributed by atoms with Crippen LogP contribution in [0.15, 0.2) is 71.5 Å². The van der Waals surface area contributed by atoms with Crippen molar-refractivity contribution in [2.45, 2.75) is 13.5 Å². The summed E-state index contributed by atoms with van der Waals surface area (Å²) in [6.45, 7) is 2.68. The standard InChI is InChI=1S/C22H19N3O2/c1-2-25(14-20-23-19-10-6-5-9-18(19)21(26)24-20)22(27)17-12-11-15-7-3-4-8-16(15)13-17/h3-13H,2,14H2,1H3,(H,23,24,26). The predicted octanol–water partition coefficient (Wildman–Crippen LogP) is 3.74. The number of aromatic amines is 1. The molecule has 5 nitrogen and oxygen atoms in total. The molecule has 0 saturated carbocycles. The molecule has 1 aromatic heterocycles. The summed E-state index contributed by atoms with van der Waals surface area (Å²) in [5.74, 6) is 0.397. The minimum Gasteiger partial charge on any atom is -0.331 e. The highest BCUT2D eigenvalue weighted by molar-refractivity contribution is 5.98. The number of para-hydroxylation sites is 1. The van der Waals surface area contributed by atoms with Crippen molar-refractivity contribution < 1.29 is 4.79 Å². The molecule has 0 bridgehead atoms. The number of benzene rings is 3. The normalized spacial score (nSPS) is 11.0. The monoisotopic (exact) mass is 357 g/mol. The molecule has 1 N–H and O–H groups in total. The lowest BCUT2D eigenvalue weighted by molar-refractivity contribution is 0.0748. The lowest BCUT2D eigenvalue weighted by atomic mass is 10.1. The van der Waals surface area contributed by atoms with Crippen molar-refractivity contribution >= 4 is 27.6 Å². The summed E-state index contributed by atoms with van der Waals surface area (Å²) in [6.07, 6.45) is 0. The van der Waals surface area contributed by atoms with Gasteiger partial charge in [0, 0.05) is 12.1 Å². The lowest BCUT2D eigenvalue weighted by Crippen LogP contribution is -2.32. The van der Waals surface area contributed by atoms with E-state index in [2.05, 4.69) is 9.97 Å². The van der Waals surface area contributed by atoms with Crippen LogP contribution in [0, 0.1) is 0 Å². The first kappa shape index (κ1) is 17.0. The zero-order valence-electron chi connectivity index (χ0n) is 15.0. The zero-order valence-corrected chi connectivity index (χ0v) is 15.0. The van der Waals surface area contributed by atoms with Crippen LogP contribution >= 0.6 is 0 Å². The van der Waals surface area contributed by atoms with Gasteiger partial charge in [0.15, 0.2) is 0 Å². The van der Waals surface area contributed by atoms with Gasteiger partial charge >= 0.3 is 0 Å². The zero-order chi connectivity index (χ0) is 18.8. The fourth-order valence-corrected chi connectivity index (χ4v) is 3.22. The minimum absolute atomic E-state index is 0.0842. The SMILES string of the molecule is CCN(Cc1nc2ccccc2c(=O)[nH]1)C(=O)c1ccc2ccccc2c1. The molecule has 0 radical (unpaired) electrons. The van der Waals surface area contributed by atoms with Gasteiger partial charge in [-0.3, -0.25) is 9.59 Å². The van der Waals surface area contributed by atoms with E-state index < -0.39 is 0 Å². The van der Waals surface area contributed by atoms with Gasteiger partial charge in [-0.15, -0.1) is 0 Å². The summed E-state index contributed by atoms with van der Waals surface area (Å²) in [7, 11) is 0. The highest BCUT2D eigenvalue weighted by Gasteiger charge is 2.16. The molecule has 0 aliphatic carbocycles. The van der Waals surface area contributed by atoms with Crippen molar-refractivity contribution in [3.05, 3.63) is 88.5 Å². The van der Waals surface area contributed by atoms with E-state index in [0.717, 1.165) is 10.8 Å². The number of hydrogen-bond acceptors (Lipinski definition) is 3. The number of nitrogens with zero attached hydrogens (tertiary/aromatic N) is 2. The molecule has 0 spiro atoms. The number of carbonyl (C=O) groups is 1. The molecule has 0 fully saturated rings. The maximum Gasteiger partial charge on any atom is 0.258 e. The number of nitrogens with one attached hydrogen (secondary N) is 1. The van der Waals surface area contributed by atoms with Crippen LogP contribution in [-0.2, 0) is 6.54 Å². The molecule has 5 heteroatoms. The van der Waals surface area contributed by atoms with Crippen molar-refractivity contribution in [2.24, 2.45) is 0 Å². The van der Waals surface area contributed by atoms with E-state index >= 15 is 0 Å². The molecule has 4 aromatic rings. The molecule has 0 unspecified atom stereocenters. The molecule has 0 saturated heterocycles. The molecule has 1 amide bonds. The number of fused-ring (bicyclic) bond motifs is 2. The molecule has 27 heavy (non-hydrogen) atoms. The Balaban J connectivity index is 1.65. The maximum absolute atomic E-state index is 13.0. The van der Waals surface area contributed by atoms with Gasteiger partial charge in [-0.05, 0) is 42.0 Å². The van der Waals surface area contributed by atoms with Crippen molar-refractivity contribution in [1.29, 1.82) is 0 Å². The Hall–Kier alpha value is -3.47. The van der Waals surface area contributed by atoms with Crippen molar-refractivity contribution in [1.82, 2.24) is 14.9 Å². The van der Waals surface area contributed by atoms with Gasteiger partial charge < -0.3 is 9.88 Å². The summed E-state index contributed by atoms with van der Waals surface area (Å²) in [5, 5.41) is 2.67. The Morgan fingerprint density at radius 1 is 1.00 bits per heavy atom. The fourth-order valence-electron chi connectivity index (χ4n) is 3.22. The fraction of sp³-hybridized carbons (Fsp3) is 0.136. The Morgan fingerprint density at radius 3 is 2.56 bits per heavy atom. The van der Waals surface area contributed by atoms with Crippen molar-refractivity contribution in [3.63, 3.8) is 0 Å². The van der Waals surface area contributed by atoms with Gasteiger partial charge in [-0.2, -0.15) is 0 Å². The van der Waals surface area contributed by atoms with Crippen LogP contribution in [0.25, 0.3) is 21.7 Å². The minimum atomic E-state index is -0.190. The molecule has 4 rings (SSSR count). The number of carbonyl (C=O) groups excluding carboxylic acids is 1. The third-order valence-corrected chi connectivity index (χ3v) is 4.67. The van der Waals surface area contributed by atoms with Crippen LogP contribution in [-0.4, -0.2) is 27.3 Å². The van der Waals surface area contributed by atoms with Gasteiger partial charge in [0.2, 0.25) is 0 Å². The number of hydrogen-bond donors (Lipinski definition) is 1. The van der Waals surface area contributed by atoms with Gasteiger partial charge in [0.1, 0.15) is 5.82 Å². The van der Waals surface area contributed by atoms with Crippen LogP contribution < -0.4 is 5.56 Å². The van der Waals surface area contributed by atoms with Gasteiger partial charge in [0.25, 0.3) is 11.5 Å². The first-order valence-electron chi connectivity index (χ1n) is 8.91. The third-order valence-electron chi connectivity index (χ3n) is 4.67. The smallest absolute Gasteiger partial charge is 0.258 e. The van der Waals surface area contributed by atoms with Crippen molar-refractivity contribution in [3.8, 4) is 0 Å². The van der Waals surface area contributed by atoms with Gasteiger partial charge in [0.05, 0.1) is 17.4 Å². The molecule has 134 valence electrons. The summed E-state index contributed by atoms with van der Waals surface area (Å²) in [5.41, 5.74) is 1.06. The lowest BCUT2D eigenvalue weighted by Gasteiger charge is -2.20. The molecule has 1 heterocycles. The largest absolute Gasteiger partial charge is 0.331 e. The number of amides is 1. The summed E-state index contributed by atoms with van der Waals surface area (Å²) >= 11 is 0. The van der Waals surface area contributed by atoms with Crippen LogP contribution in [0.4, 0.5) is 0 Å². The first-order valence-corrected chi connectivity index (χ1v) is 8.91. The number of rotatable bonds is 4. The van der Waals surface area contributed by atoms with E-state index in [1.807, 2.05) is 55.5 Å². The Morgan fingerprint density at radius 2 is 1.74 bits per heavy atom. The Labute approximate surface area is 156 Å². The molecule has 3 aromatic carbocycles. The predicted molar refractivity (Wildman–Crippen MR) is 107 cm³/mol. The first-order chi connectivity index (χ1) is 13.2. The topological polar surface area (TPSA) is 66.1 Å². The van der Waals surface area contributed by atoms with E-state index in [1.165, 1.54) is 0 Å². The summed E-state index contributed by atoms with van der Waals surface area (Å²) in [4.78, 5) is 34.2. The van der Waals surface area contributed by atoms with Crippen LogP contribution in [0.1, 0.15) is 23.1 Å². The van der Waals surface area contributed by atoms with Crippen LogP contribution in [0.5, 0.6) is 0 Å². The van der Waals surface area contributed by atoms with E-state index in [0.29, 0.717) is 28.8 Å². The van der Waals surface area contributed by atoms with Crippen molar-refractivity contribution in [2.75, 3.05) is 6.54 Å². The highest BCUT2D eigenvalue weighted by atomic mass is 16.2. The molecule has 0 atom stereocenters. The maximum atomic E-state index is 13.0. The Bertz CT molecular complexity index is 1200. The van der Waals surface area contributed by atoms with E-state index in [1.54, 1.807) is 23.1 Å². The second-order valence-electron chi connectivity index (χ2n) is 6.41. The van der Waals surface area contributed by atoms with Crippen LogP contribution in [0.2, 0.25) is 0 Å². The molecule has 0 aliphatic rings. The number of aromatic nitrogens is 2. The second kappa shape index (κ2) is 7.03. The average molecular weight is 357 g/mol. The average Bonchev–Trinajstić information content (AvgIpc) is 2.71. The summed E-state index contributed by atoms with van der Waals surface area (Å²) < 4.78 is 0. The quantitative estimate of drug-likeness (QED) is 0.605.